The first kappa shape index (κ1) is 13.5. The molecular formula is C11H7ClF3N3O. The second-order valence-corrected chi connectivity index (χ2v) is 3.92. The van der Waals surface area contributed by atoms with Crippen LogP contribution in [-0.4, -0.2) is 26.7 Å². The Morgan fingerprint density at radius 1 is 1.37 bits per heavy atom. The average molecular weight is 290 g/mol. The average Bonchev–Trinajstić information content (AvgIpc) is 2.86. The number of aromatic nitrogens is 3. The molecule has 0 saturated carbocycles. The molecule has 19 heavy (non-hydrogen) atoms. The molecule has 0 spiro atoms. The van der Waals surface area contributed by atoms with E-state index in [9.17, 15) is 18.0 Å². The number of alkyl halides is 4. The maximum Gasteiger partial charge on any atom is 0.416 e. The first-order chi connectivity index (χ1) is 8.91. The summed E-state index contributed by atoms with van der Waals surface area (Å²) >= 11 is 5.35. The van der Waals surface area contributed by atoms with Crippen molar-refractivity contribution < 1.29 is 18.0 Å². The van der Waals surface area contributed by atoms with E-state index in [-0.39, 0.29) is 17.3 Å². The molecule has 0 N–H and O–H groups in total. The van der Waals surface area contributed by atoms with Gasteiger partial charge in [-0.05, 0) is 18.2 Å². The minimum atomic E-state index is -4.44. The van der Waals surface area contributed by atoms with Crippen LogP contribution in [0.3, 0.4) is 0 Å². The van der Waals surface area contributed by atoms with Crippen molar-refractivity contribution in [2.75, 3.05) is 5.88 Å². The Kier molecular flexibility index (Phi) is 3.57. The highest BCUT2D eigenvalue weighted by Gasteiger charge is 2.30. The predicted octanol–water partition coefficient (Wildman–Crippen LogP) is 2.71. The fourth-order valence-corrected chi connectivity index (χ4v) is 1.55. The van der Waals surface area contributed by atoms with Crippen LogP contribution >= 0.6 is 11.6 Å². The molecule has 0 aliphatic rings. The standard InChI is InChI=1S/C11H7ClF3N3O/c12-5-10(19)9-6-18(17-16-9)8-3-1-2-7(4-8)11(13,14)15/h1-4,6H,5H2. The zero-order valence-corrected chi connectivity index (χ0v) is 10.1. The molecule has 0 aliphatic carbocycles. The van der Waals surface area contributed by atoms with Gasteiger partial charge >= 0.3 is 6.18 Å². The Bertz CT molecular complexity index is 609. The summed E-state index contributed by atoms with van der Waals surface area (Å²) in [5.74, 6) is -0.707. The summed E-state index contributed by atoms with van der Waals surface area (Å²) in [6.07, 6.45) is -3.20. The van der Waals surface area contributed by atoms with Crippen LogP contribution in [0.5, 0.6) is 0 Å². The highest BCUT2D eigenvalue weighted by molar-refractivity contribution is 6.30. The Morgan fingerprint density at radius 2 is 2.11 bits per heavy atom. The molecule has 2 rings (SSSR count). The molecule has 0 bridgehead atoms. The third-order valence-corrected chi connectivity index (χ3v) is 2.58. The van der Waals surface area contributed by atoms with Gasteiger partial charge in [0.1, 0.15) is 5.69 Å². The number of halogens is 4. The van der Waals surface area contributed by atoms with Crippen LogP contribution in [0.1, 0.15) is 16.1 Å². The third-order valence-electron chi connectivity index (χ3n) is 2.34. The first-order valence-electron chi connectivity index (χ1n) is 5.11. The fraction of sp³-hybridized carbons (Fsp3) is 0.182. The summed E-state index contributed by atoms with van der Waals surface area (Å²) < 4.78 is 38.8. The number of ketones is 1. The van der Waals surface area contributed by atoms with Crippen molar-refractivity contribution in [1.29, 1.82) is 0 Å². The van der Waals surface area contributed by atoms with Gasteiger partial charge in [0.2, 0.25) is 0 Å². The molecule has 2 aromatic rings. The van der Waals surface area contributed by atoms with Crippen molar-refractivity contribution in [1.82, 2.24) is 15.0 Å². The van der Waals surface area contributed by atoms with Gasteiger partial charge in [-0.2, -0.15) is 13.2 Å². The van der Waals surface area contributed by atoms with E-state index in [1.807, 2.05) is 0 Å². The Balaban J connectivity index is 2.37. The van der Waals surface area contributed by atoms with Crippen molar-refractivity contribution in [3.8, 4) is 5.69 Å². The van der Waals surface area contributed by atoms with Crippen LogP contribution in [0.25, 0.3) is 5.69 Å². The van der Waals surface area contributed by atoms with Gasteiger partial charge in [-0.1, -0.05) is 11.3 Å². The summed E-state index contributed by atoms with van der Waals surface area (Å²) in [7, 11) is 0. The SMILES string of the molecule is O=C(CCl)c1cn(-c2cccc(C(F)(F)F)c2)nn1. The molecule has 8 heteroatoms. The number of rotatable bonds is 3. The molecule has 4 nitrogen and oxygen atoms in total. The number of hydrogen-bond acceptors (Lipinski definition) is 3. The van der Waals surface area contributed by atoms with Crippen LogP contribution in [0.2, 0.25) is 0 Å². The van der Waals surface area contributed by atoms with E-state index >= 15 is 0 Å². The lowest BCUT2D eigenvalue weighted by molar-refractivity contribution is -0.137. The van der Waals surface area contributed by atoms with Crippen molar-refractivity contribution in [2.45, 2.75) is 6.18 Å². The van der Waals surface area contributed by atoms with E-state index in [1.165, 1.54) is 18.3 Å². The van der Waals surface area contributed by atoms with Crippen LogP contribution in [0.4, 0.5) is 13.2 Å². The second kappa shape index (κ2) is 5.00. The van der Waals surface area contributed by atoms with Gasteiger partial charge in [0.05, 0.1) is 23.3 Å². The third kappa shape index (κ3) is 2.93. The highest BCUT2D eigenvalue weighted by atomic mass is 35.5. The van der Waals surface area contributed by atoms with Crippen molar-refractivity contribution in [3.63, 3.8) is 0 Å². The molecule has 100 valence electrons. The molecular weight excluding hydrogens is 283 g/mol. The van der Waals surface area contributed by atoms with Crippen LogP contribution in [0.15, 0.2) is 30.5 Å². The van der Waals surface area contributed by atoms with Gasteiger partial charge < -0.3 is 0 Å². The maximum absolute atomic E-state index is 12.6. The molecule has 0 radical (unpaired) electrons. The van der Waals surface area contributed by atoms with Gasteiger partial charge in [-0.25, -0.2) is 4.68 Å². The molecule has 0 atom stereocenters. The van der Waals surface area contributed by atoms with Gasteiger partial charge in [0.15, 0.2) is 5.78 Å². The van der Waals surface area contributed by atoms with Gasteiger partial charge in [0.25, 0.3) is 0 Å². The van der Waals surface area contributed by atoms with E-state index in [2.05, 4.69) is 10.3 Å². The van der Waals surface area contributed by atoms with Gasteiger partial charge in [-0.3, -0.25) is 4.79 Å². The number of benzene rings is 1. The smallest absolute Gasteiger partial charge is 0.291 e. The minimum Gasteiger partial charge on any atom is -0.291 e. The second-order valence-electron chi connectivity index (χ2n) is 3.65. The molecule has 0 fully saturated rings. The topological polar surface area (TPSA) is 47.8 Å². The lowest BCUT2D eigenvalue weighted by atomic mass is 10.2. The fourth-order valence-electron chi connectivity index (χ4n) is 1.41. The lowest BCUT2D eigenvalue weighted by Crippen LogP contribution is -2.06. The molecule has 1 heterocycles. The zero-order chi connectivity index (χ0) is 14.0. The predicted molar refractivity (Wildman–Crippen MR) is 61.4 cm³/mol. The van der Waals surface area contributed by atoms with Gasteiger partial charge in [-0.15, -0.1) is 16.7 Å². The molecule has 0 aliphatic heterocycles. The summed E-state index contributed by atoms with van der Waals surface area (Å²) in [6.45, 7) is 0. The van der Waals surface area contributed by atoms with Crippen molar-refractivity contribution in [3.05, 3.63) is 41.7 Å². The quantitative estimate of drug-likeness (QED) is 0.645. The van der Waals surface area contributed by atoms with Crippen LogP contribution in [0, 0.1) is 0 Å². The van der Waals surface area contributed by atoms with Crippen molar-refractivity contribution >= 4 is 17.4 Å². The van der Waals surface area contributed by atoms with E-state index in [0.29, 0.717) is 0 Å². The van der Waals surface area contributed by atoms with E-state index < -0.39 is 17.5 Å². The van der Waals surface area contributed by atoms with E-state index in [4.69, 9.17) is 11.6 Å². The Labute approximate surface area is 110 Å². The molecule has 0 amide bonds. The maximum atomic E-state index is 12.6. The lowest BCUT2D eigenvalue weighted by Gasteiger charge is -2.07. The van der Waals surface area contributed by atoms with Crippen molar-refractivity contribution in [2.24, 2.45) is 0 Å². The Morgan fingerprint density at radius 3 is 2.74 bits per heavy atom. The number of hydrogen-bond donors (Lipinski definition) is 0. The highest BCUT2D eigenvalue weighted by Crippen LogP contribution is 2.30. The first-order valence-corrected chi connectivity index (χ1v) is 5.64. The van der Waals surface area contributed by atoms with Gasteiger partial charge in [0, 0.05) is 0 Å². The monoisotopic (exact) mass is 289 g/mol. The number of Topliss-reactive ketones (excluding diaryl/α,β-unsaturated/α-hetero) is 1. The summed E-state index contributed by atoms with van der Waals surface area (Å²) in [6, 6.07) is 4.55. The number of carbonyl (C=O) groups is 1. The number of carbonyl (C=O) groups excluding carboxylic acids is 1. The molecule has 0 unspecified atom stereocenters. The summed E-state index contributed by atoms with van der Waals surface area (Å²) in [5.41, 5.74) is -0.630. The normalized spacial score (nSPS) is 11.6. The molecule has 1 aromatic heterocycles. The summed E-state index contributed by atoms with van der Waals surface area (Å²) in [5, 5.41) is 7.15. The largest absolute Gasteiger partial charge is 0.416 e. The van der Waals surface area contributed by atoms with E-state index in [0.717, 1.165) is 16.8 Å². The van der Waals surface area contributed by atoms with Crippen LogP contribution in [-0.2, 0) is 6.18 Å². The molecule has 1 aromatic carbocycles. The minimum absolute atomic E-state index is 0.00686. The summed E-state index contributed by atoms with van der Waals surface area (Å²) in [4.78, 5) is 11.3. The Hall–Kier alpha value is -1.89. The van der Waals surface area contributed by atoms with Crippen LogP contribution < -0.4 is 0 Å². The zero-order valence-electron chi connectivity index (χ0n) is 9.36. The van der Waals surface area contributed by atoms with E-state index in [1.54, 1.807) is 0 Å². The molecule has 0 saturated heterocycles. The number of nitrogens with zero attached hydrogens (tertiary/aromatic N) is 3.